The predicted molar refractivity (Wildman–Crippen MR) is 133 cm³/mol. The van der Waals surface area contributed by atoms with E-state index < -0.39 is 5.91 Å². The van der Waals surface area contributed by atoms with Crippen molar-refractivity contribution < 1.29 is 14.3 Å². The summed E-state index contributed by atoms with van der Waals surface area (Å²) < 4.78 is 13.3. The van der Waals surface area contributed by atoms with Gasteiger partial charge in [0.05, 0.1) is 7.11 Å². The average Bonchev–Trinajstić information content (AvgIpc) is 2.77. The van der Waals surface area contributed by atoms with Gasteiger partial charge in [0.25, 0.3) is 5.91 Å². The molecule has 0 aliphatic heterocycles. The van der Waals surface area contributed by atoms with E-state index in [-0.39, 0.29) is 5.57 Å². The van der Waals surface area contributed by atoms with Gasteiger partial charge in [-0.1, -0.05) is 40.2 Å². The number of halogens is 2. The lowest BCUT2D eigenvalue weighted by molar-refractivity contribution is -0.112. The number of amides is 1. The van der Waals surface area contributed by atoms with Gasteiger partial charge in [0.1, 0.15) is 18.2 Å². The lowest BCUT2D eigenvalue weighted by Crippen LogP contribution is -2.13. The highest BCUT2D eigenvalue weighted by molar-refractivity contribution is 14.1. The summed E-state index contributed by atoms with van der Waals surface area (Å²) in [6.45, 7) is 0.389. The van der Waals surface area contributed by atoms with Crippen molar-refractivity contribution in [1.82, 2.24) is 0 Å². The van der Waals surface area contributed by atoms with Crippen molar-refractivity contribution in [2.45, 2.75) is 6.61 Å². The molecule has 5 nitrogen and oxygen atoms in total. The Kier molecular flexibility index (Phi) is 8.09. The van der Waals surface area contributed by atoms with Crippen LogP contribution in [0.3, 0.4) is 0 Å². The molecule has 0 aliphatic rings. The minimum absolute atomic E-state index is 0.00977. The zero-order valence-corrected chi connectivity index (χ0v) is 20.3. The number of hydrogen-bond acceptors (Lipinski definition) is 4. The van der Waals surface area contributed by atoms with Crippen molar-refractivity contribution in [3.05, 3.63) is 91.5 Å². The van der Waals surface area contributed by atoms with Gasteiger partial charge >= 0.3 is 0 Å². The molecule has 1 amide bonds. The molecule has 0 atom stereocenters. The maximum atomic E-state index is 12.5. The van der Waals surface area contributed by atoms with Gasteiger partial charge in [0.2, 0.25) is 0 Å². The normalized spacial score (nSPS) is 10.8. The number of nitrogens with one attached hydrogen (secondary N) is 1. The molecular weight excluding hydrogens is 571 g/mol. The van der Waals surface area contributed by atoms with Crippen LogP contribution < -0.4 is 14.8 Å². The number of carbonyl (C=O) groups is 1. The van der Waals surface area contributed by atoms with E-state index in [1.807, 2.05) is 48.5 Å². The summed E-state index contributed by atoms with van der Waals surface area (Å²) in [5, 5.41) is 12.2. The highest BCUT2D eigenvalue weighted by Gasteiger charge is 2.11. The van der Waals surface area contributed by atoms with Gasteiger partial charge in [-0.05, 0) is 82.3 Å². The summed E-state index contributed by atoms with van der Waals surface area (Å²) in [6, 6.07) is 22.4. The standard InChI is InChI=1S/C24H18BrIN2O3/c1-30-23-12-17(7-10-22(23)31-15-16-5-8-19(25)9-6-16)11-18(14-27)24(29)28-21-4-2-3-20(26)13-21/h2-13H,15H2,1H3,(H,28,29)/b18-11+. The Morgan fingerprint density at radius 3 is 2.58 bits per heavy atom. The molecule has 7 heteroatoms. The predicted octanol–water partition coefficient (Wildman–Crippen LogP) is 6.19. The van der Waals surface area contributed by atoms with Gasteiger partial charge in [0.15, 0.2) is 11.5 Å². The molecule has 0 heterocycles. The molecule has 0 spiro atoms. The fourth-order valence-corrected chi connectivity index (χ4v) is 3.52. The molecular formula is C24H18BrIN2O3. The molecule has 3 aromatic rings. The van der Waals surface area contributed by atoms with Gasteiger partial charge in [0, 0.05) is 13.7 Å². The van der Waals surface area contributed by atoms with Gasteiger partial charge in [-0.25, -0.2) is 0 Å². The molecule has 3 aromatic carbocycles. The minimum atomic E-state index is -0.473. The smallest absolute Gasteiger partial charge is 0.266 e. The van der Waals surface area contributed by atoms with Crippen LogP contribution in [0, 0.1) is 14.9 Å². The summed E-state index contributed by atoms with van der Waals surface area (Å²) in [4.78, 5) is 12.5. The molecule has 31 heavy (non-hydrogen) atoms. The number of rotatable bonds is 7. The van der Waals surface area contributed by atoms with Crippen molar-refractivity contribution in [3.8, 4) is 17.6 Å². The van der Waals surface area contributed by atoms with E-state index in [1.54, 1.807) is 31.4 Å². The van der Waals surface area contributed by atoms with Gasteiger partial charge < -0.3 is 14.8 Å². The third-order valence-electron chi connectivity index (χ3n) is 4.25. The molecule has 3 rings (SSSR count). The van der Waals surface area contributed by atoms with Gasteiger partial charge in [-0.2, -0.15) is 5.26 Å². The summed E-state index contributed by atoms with van der Waals surface area (Å²) in [5.74, 6) is 0.615. The van der Waals surface area contributed by atoms with Crippen molar-refractivity contribution in [2.75, 3.05) is 12.4 Å². The molecule has 0 unspecified atom stereocenters. The van der Waals surface area contributed by atoms with E-state index >= 15 is 0 Å². The molecule has 0 aromatic heterocycles. The van der Waals surface area contributed by atoms with Crippen LogP contribution in [0.4, 0.5) is 5.69 Å². The van der Waals surface area contributed by atoms with E-state index in [2.05, 4.69) is 43.8 Å². The Hall–Kier alpha value is -2.83. The number of carbonyl (C=O) groups excluding carboxylic acids is 1. The highest BCUT2D eigenvalue weighted by Crippen LogP contribution is 2.30. The fraction of sp³-hybridized carbons (Fsp3) is 0.0833. The highest BCUT2D eigenvalue weighted by atomic mass is 127. The summed E-state index contributed by atoms with van der Waals surface area (Å²) in [5.41, 5.74) is 2.30. The Bertz CT molecular complexity index is 1150. The number of ether oxygens (including phenoxy) is 2. The Morgan fingerprint density at radius 2 is 1.90 bits per heavy atom. The summed E-state index contributed by atoms with van der Waals surface area (Å²) in [7, 11) is 1.55. The summed E-state index contributed by atoms with van der Waals surface area (Å²) >= 11 is 5.57. The van der Waals surface area contributed by atoms with Crippen molar-refractivity contribution in [2.24, 2.45) is 0 Å². The van der Waals surface area contributed by atoms with Crippen LogP contribution >= 0.6 is 38.5 Å². The molecule has 0 bridgehead atoms. The zero-order valence-electron chi connectivity index (χ0n) is 16.6. The van der Waals surface area contributed by atoms with E-state index in [0.29, 0.717) is 29.4 Å². The monoisotopic (exact) mass is 588 g/mol. The first kappa shape index (κ1) is 22.8. The molecule has 0 saturated carbocycles. The average molecular weight is 589 g/mol. The molecule has 0 radical (unpaired) electrons. The number of methoxy groups -OCH3 is 1. The van der Waals surface area contributed by atoms with Crippen LogP contribution in [0.15, 0.2) is 76.8 Å². The molecule has 156 valence electrons. The van der Waals surface area contributed by atoms with Crippen LogP contribution in [-0.2, 0) is 11.4 Å². The largest absolute Gasteiger partial charge is 0.493 e. The van der Waals surface area contributed by atoms with E-state index in [1.165, 1.54) is 6.08 Å². The van der Waals surface area contributed by atoms with Gasteiger partial charge in [-0.3, -0.25) is 4.79 Å². The van der Waals surface area contributed by atoms with Crippen LogP contribution in [0.25, 0.3) is 6.08 Å². The third kappa shape index (κ3) is 6.57. The van der Waals surface area contributed by atoms with Crippen molar-refractivity contribution in [3.63, 3.8) is 0 Å². The molecule has 1 N–H and O–H groups in total. The first-order valence-electron chi connectivity index (χ1n) is 9.22. The lowest BCUT2D eigenvalue weighted by atomic mass is 10.1. The SMILES string of the molecule is COc1cc(/C=C(\C#N)C(=O)Nc2cccc(I)c2)ccc1OCc1ccc(Br)cc1. The summed E-state index contributed by atoms with van der Waals surface area (Å²) in [6.07, 6.45) is 1.52. The van der Waals surface area contributed by atoms with E-state index in [9.17, 15) is 10.1 Å². The quantitative estimate of drug-likeness (QED) is 0.203. The second kappa shape index (κ2) is 11.0. The number of hydrogen-bond donors (Lipinski definition) is 1. The maximum absolute atomic E-state index is 12.5. The number of nitrogens with zero attached hydrogens (tertiary/aromatic N) is 1. The molecule has 0 fully saturated rings. The Balaban J connectivity index is 1.74. The first-order chi connectivity index (χ1) is 15.0. The third-order valence-corrected chi connectivity index (χ3v) is 5.45. The van der Waals surface area contributed by atoms with Crippen LogP contribution in [0.2, 0.25) is 0 Å². The molecule has 0 saturated heterocycles. The van der Waals surface area contributed by atoms with E-state index in [0.717, 1.165) is 13.6 Å². The molecule has 0 aliphatic carbocycles. The topological polar surface area (TPSA) is 71.3 Å². The number of anilines is 1. The second-order valence-electron chi connectivity index (χ2n) is 6.46. The maximum Gasteiger partial charge on any atom is 0.266 e. The van der Waals surface area contributed by atoms with Crippen molar-refractivity contribution >= 4 is 56.2 Å². The minimum Gasteiger partial charge on any atom is -0.493 e. The van der Waals surface area contributed by atoms with E-state index in [4.69, 9.17) is 9.47 Å². The number of benzene rings is 3. The lowest BCUT2D eigenvalue weighted by Gasteiger charge is -2.12. The van der Waals surface area contributed by atoms with Gasteiger partial charge in [-0.15, -0.1) is 0 Å². The van der Waals surface area contributed by atoms with Crippen LogP contribution in [-0.4, -0.2) is 13.0 Å². The Labute approximate surface area is 203 Å². The number of nitriles is 1. The van der Waals surface area contributed by atoms with Crippen LogP contribution in [0.1, 0.15) is 11.1 Å². The fourth-order valence-electron chi connectivity index (χ4n) is 2.71. The van der Waals surface area contributed by atoms with Crippen molar-refractivity contribution in [1.29, 1.82) is 5.26 Å². The second-order valence-corrected chi connectivity index (χ2v) is 8.62. The van der Waals surface area contributed by atoms with Crippen LogP contribution in [0.5, 0.6) is 11.5 Å². The first-order valence-corrected chi connectivity index (χ1v) is 11.1. The zero-order chi connectivity index (χ0) is 22.2. The Morgan fingerprint density at radius 1 is 1.13 bits per heavy atom.